The Kier molecular flexibility index (Phi) is 4.02. The molecule has 1 aliphatic heterocycles. The second-order valence-electron chi connectivity index (χ2n) is 5.19. The summed E-state index contributed by atoms with van der Waals surface area (Å²) in [5.41, 5.74) is 2.08. The van der Waals surface area contributed by atoms with Crippen LogP contribution in [0.4, 0.5) is 0 Å². The van der Waals surface area contributed by atoms with Crippen molar-refractivity contribution in [2.45, 2.75) is 44.6 Å². The molecule has 1 fully saturated rings. The molecule has 1 aliphatic rings. The van der Waals surface area contributed by atoms with E-state index in [4.69, 9.17) is 4.74 Å². The number of hydrogen-bond acceptors (Lipinski definition) is 2. The van der Waals surface area contributed by atoms with Crippen molar-refractivity contribution in [2.24, 2.45) is 0 Å². The molecule has 0 amide bonds. The van der Waals surface area contributed by atoms with E-state index in [-0.39, 0.29) is 6.10 Å². The number of ether oxygens (including phenoxy) is 1. The third-order valence-electron chi connectivity index (χ3n) is 3.56. The van der Waals surface area contributed by atoms with Gasteiger partial charge in [0, 0.05) is 6.61 Å². The first-order valence-corrected chi connectivity index (χ1v) is 6.54. The van der Waals surface area contributed by atoms with Crippen molar-refractivity contribution in [1.82, 2.24) is 0 Å². The predicted molar refractivity (Wildman–Crippen MR) is 69.9 cm³/mol. The maximum absolute atomic E-state index is 11.4. The molecule has 0 aliphatic carbocycles. The molecule has 98 valence electrons. The maximum atomic E-state index is 11.4. The Balaban J connectivity index is 2.22. The molecule has 1 aromatic carbocycles. The van der Waals surface area contributed by atoms with Gasteiger partial charge in [-0.1, -0.05) is 38.1 Å². The van der Waals surface area contributed by atoms with Crippen molar-refractivity contribution in [3.63, 3.8) is 0 Å². The van der Waals surface area contributed by atoms with Gasteiger partial charge in [-0.15, -0.1) is 0 Å². The van der Waals surface area contributed by atoms with Crippen LogP contribution in [0.1, 0.15) is 49.7 Å². The van der Waals surface area contributed by atoms with Gasteiger partial charge in [-0.2, -0.15) is 0 Å². The molecule has 2 unspecified atom stereocenters. The molecule has 3 nitrogen and oxygen atoms in total. The number of aliphatic carboxylic acids is 1. The zero-order valence-corrected chi connectivity index (χ0v) is 10.9. The normalized spacial score (nSPS) is 21.2. The Labute approximate surface area is 108 Å². The highest BCUT2D eigenvalue weighted by molar-refractivity contribution is 5.77. The molecular weight excluding hydrogens is 228 g/mol. The Morgan fingerprint density at radius 3 is 2.33 bits per heavy atom. The molecule has 0 saturated carbocycles. The fourth-order valence-electron chi connectivity index (χ4n) is 2.47. The van der Waals surface area contributed by atoms with Crippen LogP contribution < -0.4 is 0 Å². The van der Waals surface area contributed by atoms with Gasteiger partial charge in [-0.25, -0.2) is 0 Å². The lowest BCUT2D eigenvalue weighted by atomic mass is 9.90. The first-order valence-electron chi connectivity index (χ1n) is 6.54. The molecule has 1 N–H and O–H groups in total. The summed E-state index contributed by atoms with van der Waals surface area (Å²) in [4.78, 5) is 11.4. The van der Waals surface area contributed by atoms with Crippen molar-refractivity contribution in [3.05, 3.63) is 35.4 Å². The molecule has 1 heterocycles. The zero-order chi connectivity index (χ0) is 13.1. The topological polar surface area (TPSA) is 46.5 Å². The van der Waals surface area contributed by atoms with Gasteiger partial charge in [0.05, 0.1) is 6.10 Å². The van der Waals surface area contributed by atoms with E-state index in [0.29, 0.717) is 12.5 Å². The Morgan fingerprint density at radius 1 is 1.28 bits per heavy atom. The van der Waals surface area contributed by atoms with Gasteiger partial charge in [-0.05, 0) is 29.9 Å². The van der Waals surface area contributed by atoms with Crippen molar-refractivity contribution >= 4 is 5.97 Å². The van der Waals surface area contributed by atoms with Gasteiger partial charge >= 0.3 is 5.97 Å². The Morgan fingerprint density at radius 2 is 1.89 bits per heavy atom. The number of benzene rings is 1. The van der Waals surface area contributed by atoms with Crippen LogP contribution in [-0.2, 0) is 9.53 Å². The summed E-state index contributed by atoms with van der Waals surface area (Å²) in [6, 6.07) is 7.89. The van der Waals surface area contributed by atoms with Gasteiger partial charge < -0.3 is 9.84 Å². The molecule has 18 heavy (non-hydrogen) atoms. The second kappa shape index (κ2) is 5.53. The van der Waals surface area contributed by atoms with E-state index >= 15 is 0 Å². The minimum absolute atomic E-state index is 0.174. The van der Waals surface area contributed by atoms with Crippen LogP contribution in [0.3, 0.4) is 0 Å². The summed E-state index contributed by atoms with van der Waals surface area (Å²) in [7, 11) is 0. The second-order valence-corrected chi connectivity index (χ2v) is 5.19. The zero-order valence-electron chi connectivity index (χ0n) is 10.9. The van der Waals surface area contributed by atoms with Gasteiger partial charge in [-0.3, -0.25) is 4.79 Å². The molecular formula is C15H20O3. The molecule has 2 rings (SSSR count). The summed E-state index contributed by atoms with van der Waals surface area (Å²) >= 11 is 0. The quantitative estimate of drug-likeness (QED) is 0.890. The maximum Gasteiger partial charge on any atom is 0.313 e. The van der Waals surface area contributed by atoms with Gasteiger partial charge in [0.15, 0.2) is 0 Å². The summed E-state index contributed by atoms with van der Waals surface area (Å²) in [5, 5.41) is 9.39. The lowest BCUT2D eigenvalue weighted by Crippen LogP contribution is -2.25. The van der Waals surface area contributed by atoms with Gasteiger partial charge in [0.2, 0.25) is 0 Å². The summed E-state index contributed by atoms with van der Waals surface area (Å²) in [6.07, 6.45) is 1.62. The molecule has 2 atom stereocenters. The van der Waals surface area contributed by atoms with E-state index in [0.717, 1.165) is 18.4 Å². The number of carbonyl (C=O) groups is 1. The number of carboxylic acid groups (broad SMARTS) is 1. The summed E-state index contributed by atoms with van der Waals surface area (Å²) in [5.74, 6) is -0.863. The Hall–Kier alpha value is -1.35. The van der Waals surface area contributed by atoms with Crippen molar-refractivity contribution < 1.29 is 14.6 Å². The minimum Gasteiger partial charge on any atom is -0.481 e. The fraction of sp³-hybridized carbons (Fsp3) is 0.533. The standard InChI is InChI=1S/C15H20O3/c1-10(2)11-5-7-12(8-6-11)14(15(16)17)13-4-3-9-18-13/h5-8,10,13-14H,3-4,9H2,1-2H3,(H,16,17). The van der Waals surface area contributed by atoms with Crippen LogP contribution in [0.15, 0.2) is 24.3 Å². The van der Waals surface area contributed by atoms with E-state index in [9.17, 15) is 9.90 Å². The van der Waals surface area contributed by atoms with Crippen LogP contribution >= 0.6 is 0 Å². The average molecular weight is 248 g/mol. The summed E-state index contributed by atoms with van der Waals surface area (Å²) in [6.45, 7) is 4.94. The van der Waals surface area contributed by atoms with Crippen LogP contribution in [0.2, 0.25) is 0 Å². The molecule has 3 heteroatoms. The van der Waals surface area contributed by atoms with Crippen molar-refractivity contribution in [2.75, 3.05) is 6.61 Å². The largest absolute Gasteiger partial charge is 0.481 e. The molecule has 0 spiro atoms. The van der Waals surface area contributed by atoms with Crippen molar-refractivity contribution in [3.8, 4) is 0 Å². The minimum atomic E-state index is -0.792. The molecule has 1 saturated heterocycles. The van der Waals surface area contributed by atoms with E-state index < -0.39 is 11.9 Å². The fourth-order valence-corrected chi connectivity index (χ4v) is 2.47. The first kappa shape index (κ1) is 13.1. The molecule has 0 radical (unpaired) electrons. The van der Waals surface area contributed by atoms with Gasteiger partial charge in [0.1, 0.15) is 5.92 Å². The summed E-state index contributed by atoms with van der Waals surface area (Å²) < 4.78 is 5.53. The van der Waals surface area contributed by atoms with Crippen LogP contribution in [-0.4, -0.2) is 23.8 Å². The van der Waals surface area contributed by atoms with Crippen LogP contribution in [0, 0.1) is 0 Å². The highest BCUT2D eigenvalue weighted by atomic mass is 16.5. The van der Waals surface area contributed by atoms with E-state index in [1.807, 2.05) is 24.3 Å². The Bertz CT molecular complexity index is 402. The molecule has 1 aromatic rings. The number of hydrogen-bond donors (Lipinski definition) is 1. The third-order valence-corrected chi connectivity index (χ3v) is 3.56. The third kappa shape index (κ3) is 2.72. The van der Waals surface area contributed by atoms with Crippen LogP contribution in [0.5, 0.6) is 0 Å². The van der Waals surface area contributed by atoms with E-state index in [1.165, 1.54) is 5.56 Å². The number of carboxylic acids is 1. The highest BCUT2D eigenvalue weighted by Crippen LogP contribution is 2.30. The first-order chi connectivity index (χ1) is 8.59. The lowest BCUT2D eigenvalue weighted by Gasteiger charge is -2.19. The lowest BCUT2D eigenvalue weighted by molar-refractivity contribution is -0.141. The molecule has 0 aromatic heterocycles. The van der Waals surface area contributed by atoms with E-state index in [2.05, 4.69) is 13.8 Å². The monoisotopic (exact) mass is 248 g/mol. The van der Waals surface area contributed by atoms with Crippen LogP contribution in [0.25, 0.3) is 0 Å². The van der Waals surface area contributed by atoms with E-state index in [1.54, 1.807) is 0 Å². The smallest absolute Gasteiger partial charge is 0.313 e. The highest BCUT2D eigenvalue weighted by Gasteiger charge is 2.32. The average Bonchev–Trinajstić information content (AvgIpc) is 2.83. The number of rotatable bonds is 4. The predicted octanol–water partition coefficient (Wildman–Crippen LogP) is 3.16. The van der Waals surface area contributed by atoms with Gasteiger partial charge in [0.25, 0.3) is 0 Å². The molecule has 0 bridgehead atoms. The SMILES string of the molecule is CC(C)c1ccc(C(C(=O)O)C2CCCO2)cc1. The van der Waals surface area contributed by atoms with Crippen molar-refractivity contribution in [1.29, 1.82) is 0 Å².